The van der Waals surface area contributed by atoms with E-state index >= 15 is 0 Å². The van der Waals surface area contributed by atoms with E-state index in [9.17, 15) is 4.79 Å². The van der Waals surface area contributed by atoms with Crippen LogP contribution in [0.15, 0.2) is 24.3 Å². The second-order valence-corrected chi connectivity index (χ2v) is 6.99. The molecule has 3 N–H and O–H groups in total. The maximum absolute atomic E-state index is 12.0. The summed E-state index contributed by atoms with van der Waals surface area (Å²) in [6.07, 6.45) is 4.34. The fraction of sp³-hybridized carbons (Fsp3) is 0.650. The zero-order valence-corrected chi connectivity index (χ0v) is 15.7. The van der Waals surface area contributed by atoms with Crippen molar-refractivity contribution >= 4 is 5.91 Å². The van der Waals surface area contributed by atoms with Gasteiger partial charge in [0.05, 0.1) is 6.04 Å². The number of amides is 1. The maximum atomic E-state index is 12.0. The third-order valence-electron chi connectivity index (χ3n) is 5.07. The molecule has 0 saturated carbocycles. The summed E-state index contributed by atoms with van der Waals surface area (Å²) in [6.45, 7) is 8.81. The number of benzene rings is 1. The molecule has 1 aromatic carbocycles. The molecular formula is C20H33N3O2. The van der Waals surface area contributed by atoms with Crippen LogP contribution in [-0.2, 0) is 11.2 Å². The number of carbonyl (C=O) groups excluding carboxylic acids is 1. The molecule has 2 atom stereocenters. The number of hydrogen-bond acceptors (Lipinski definition) is 4. The van der Waals surface area contributed by atoms with E-state index in [0.717, 1.165) is 31.7 Å². The second kappa shape index (κ2) is 10.4. The minimum atomic E-state index is -0.420. The number of carbonyl (C=O) groups is 1. The van der Waals surface area contributed by atoms with E-state index in [1.807, 2.05) is 26.0 Å². The van der Waals surface area contributed by atoms with Crippen LogP contribution in [0.3, 0.4) is 0 Å². The quantitative estimate of drug-likeness (QED) is 0.681. The highest BCUT2D eigenvalue weighted by Gasteiger charge is 2.18. The van der Waals surface area contributed by atoms with Crippen molar-refractivity contribution in [2.45, 2.75) is 45.6 Å². The summed E-state index contributed by atoms with van der Waals surface area (Å²) in [7, 11) is 0. The lowest BCUT2D eigenvalue weighted by atomic mass is 9.99. The van der Waals surface area contributed by atoms with Gasteiger partial charge < -0.3 is 15.8 Å². The van der Waals surface area contributed by atoms with Crippen LogP contribution >= 0.6 is 0 Å². The van der Waals surface area contributed by atoms with E-state index in [4.69, 9.17) is 10.5 Å². The molecule has 2 rings (SSSR count). The Bertz CT molecular complexity index is 512. The molecule has 0 radical (unpaired) electrons. The van der Waals surface area contributed by atoms with Crippen molar-refractivity contribution in [3.63, 3.8) is 0 Å². The van der Waals surface area contributed by atoms with Gasteiger partial charge in [-0.1, -0.05) is 32.4 Å². The van der Waals surface area contributed by atoms with E-state index in [2.05, 4.69) is 22.3 Å². The van der Waals surface area contributed by atoms with Crippen molar-refractivity contribution in [1.82, 2.24) is 10.2 Å². The Kier molecular flexibility index (Phi) is 8.22. The Morgan fingerprint density at radius 2 is 1.96 bits per heavy atom. The smallest absolute Gasteiger partial charge is 0.237 e. The van der Waals surface area contributed by atoms with Gasteiger partial charge in [-0.15, -0.1) is 0 Å². The van der Waals surface area contributed by atoms with E-state index in [1.165, 1.54) is 31.5 Å². The van der Waals surface area contributed by atoms with Gasteiger partial charge in [0.25, 0.3) is 0 Å². The third-order valence-corrected chi connectivity index (χ3v) is 5.07. The van der Waals surface area contributed by atoms with Gasteiger partial charge in [0, 0.05) is 13.1 Å². The molecule has 5 heteroatoms. The summed E-state index contributed by atoms with van der Waals surface area (Å²) < 4.78 is 5.81. The van der Waals surface area contributed by atoms with Crippen LogP contribution in [-0.4, -0.2) is 49.6 Å². The van der Waals surface area contributed by atoms with Gasteiger partial charge >= 0.3 is 0 Å². The number of ether oxygens (including phenoxy) is 1. The lowest BCUT2D eigenvalue weighted by molar-refractivity contribution is -0.123. The van der Waals surface area contributed by atoms with Crippen molar-refractivity contribution in [2.75, 3.05) is 32.8 Å². The van der Waals surface area contributed by atoms with Crippen LogP contribution in [0.2, 0.25) is 0 Å². The molecule has 25 heavy (non-hydrogen) atoms. The summed E-state index contributed by atoms with van der Waals surface area (Å²) in [5.41, 5.74) is 7.11. The zero-order chi connectivity index (χ0) is 18.1. The number of likely N-dealkylation sites (tertiary alicyclic amines) is 1. The molecular weight excluding hydrogens is 314 g/mol. The summed E-state index contributed by atoms with van der Waals surface area (Å²) >= 11 is 0. The average Bonchev–Trinajstić information content (AvgIpc) is 3.15. The third kappa shape index (κ3) is 6.67. The van der Waals surface area contributed by atoms with Gasteiger partial charge in [-0.05, 0) is 56.0 Å². The molecule has 1 saturated heterocycles. The molecule has 1 amide bonds. The average molecular weight is 348 g/mol. The van der Waals surface area contributed by atoms with Crippen LogP contribution in [0.25, 0.3) is 0 Å². The van der Waals surface area contributed by atoms with Crippen molar-refractivity contribution in [1.29, 1.82) is 0 Å². The van der Waals surface area contributed by atoms with Gasteiger partial charge in [0.2, 0.25) is 5.91 Å². The van der Waals surface area contributed by atoms with Crippen LogP contribution in [0.1, 0.15) is 38.7 Å². The van der Waals surface area contributed by atoms with Crippen molar-refractivity contribution in [3.05, 3.63) is 29.8 Å². The van der Waals surface area contributed by atoms with Crippen LogP contribution in [0.5, 0.6) is 5.75 Å². The summed E-state index contributed by atoms with van der Waals surface area (Å²) in [6, 6.07) is 7.71. The topological polar surface area (TPSA) is 67.6 Å². The van der Waals surface area contributed by atoms with Gasteiger partial charge in [-0.2, -0.15) is 0 Å². The molecule has 1 aliphatic heterocycles. The second-order valence-electron chi connectivity index (χ2n) is 6.99. The minimum Gasteiger partial charge on any atom is -0.492 e. The predicted octanol–water partition coefficient (Wildman–Crippen LogP) is 2.19. The first-order valence-corrected chi connectivity index (χ1v) is 9.57. The first-order valence-electron chi connectivity index (χ1n) is 9.57. The number of hydrogen-bond donors (Lipinski definition) is 2. The Hall–Kier alpha value is -1.59. The van der Waals surface area contributed by atoms with Crippen molar-refractivity contribution in [3.8, 4) is 5.75 Å². The van der Waals surface area contributed by atoms with Gasteiger partial charge in [0.1, 0.15) is 12.4 Å². The molecule has 1 heterocycles. The molecule has 1 fully saturated rings. The molecule has 0 bridgehead atoms. The Labute approximate surface area is 151 Å². The summed E-state index contributed by atoms with van der Waals surface area (Å²) in [5.74, 6) is 1.05. The molecule has 2 unspecified atom stereocenters. The van der Waals surface area contributed by atoms with Gasteiger partial charge in [-0.25, -0.2) is 0 Å². The molecule has 1 aliphatic rings. The van der Waals surface area contributed by atoms with E-state index in [-0.39, 0.29) is 11.8 Å². The molecule has 5 nitrogen and oxygen atoms in total. The Morgan fingerprint density at radius 1 is 1.28 bits per heavy atom. The van der Waals surface area contributed by atoms with Crippen LogP contribution in [0, 0.1) is 5.92 Å². The molecule has 0 aromatic heterocycles. The summed E-state index contributed by atoms with van der Waals surface area (Å²) in [5, 5.41) is 2.93. The first-order chi connectivity index (χ1) is 12.1. The first kappa shape index (κ1) is 19.7. The largest absolute Gasteiger partial charge is 0.492 e. The standard InChI is InChI=1S/C20H33N3O2/c1-3-16(2)19(21)20(24)22-11-10-17-6-8-18(9-7-17)25-15-14-23-12-4-5-13-23/h6-9,16,19H,3-5,10-15,21H2,1-2H3,(H,22,24). The lowest BCUT2D eigenvalue weighted by Crippen LogP contribution is -2.45. The lowest BCUT2D eigenvalue weighted by Gasteiger charge is -2.17. The predicted molar refractivity (Wildman–Crippen MR) is 102 cm³/mol. The van der Waals surface area contributed by atoms with E-state index < -0.39 is 6.04 Å². The minimum absolute atomic E-state index is 0.0591. The Balaban J connectivity index is 1.65. The van der Waals surface area contributed by atoms with Crippen LogP contribution in [0.4, 0.5) is 0 Å². The monoisotopic (exact) mass is 347 g/mol. The highest BCUT2D eigenvalue weighted by Crippen LogP contribution is 2.13. The number of nitrogens with zero attached hydrogens (tertiary/aromatic N) is 1. The highest BCUT2D eigenvalue weighted by molar-refractivity contribution is 5.81. The molecule has 140 valence electrons. The fourth-order valence-electron chi connectivity index (χ4n) is 3.01. The SMILES string of the molecule is CCC(C)C(N)C(=O)NCCc1ccc(OCCN2CCCC2)cc1. The van der Waals surface area contributed by atoms with Gasteiger partial charge in [-0.3, -0.25) is 9.69 Å². The number of rotatable bonds is 10. The molecule has 1 aromatic rings. The summed E-state index contributed by atoms with van der Waals surface area (Å²) in [4.78, 5) is 14.4. The fourth-order valence-corrected chi connectivity index (χ4v) is 3.01. The molecule has 0 spiro atoms. The van der Waals surface area contributed by atoms with E-state index in [0.29, 0.717) is 6.54 Å². The van der Waals surface area contributed by atoms with Crippen molar-refractivity contribution in [2.24, 2.45) is 11.7 Å². The van der Waals surface area contributed by atoms with Crippen LogP contribution < -0.4 is 15.8 Å². The number of nitrogens with one attached hydrogen (secondary N) is 1. The maximum Gasteiger partial charge on any atom is 0.237 e. The number of nitrogens with two attached hydrogens (primary N) is 1. The molecule has 0 aliphatic carbocycles. The zero-order valence-electron chi connectivity index (χ0n) is 15.7. The Morgan fingerprint density at radius 3 is 2.60 bits per heavy atom. The highest BCUT2D eigenvalue weighted by atomic mass is 16.5. The van der Waals surface area contributed by atoms with Crippen molar-refractivity contribution < 1.29 is 9.53 Å². The van der Waals surface area contributed by atoms with Gasteiger partial charge in [0.15, 0.2) is 0 Å². The normalized spacial score (nSPS) is 17.2. The van der Waals surface area contributed by atoms with E-state index in [1.54, 1.807) is 0 Å².